The van der Waals surface area contributed by atoms with Crippen molar-refractivity contribution in [3.63, 3.8) is 0 Å². The van der Waals surface area contributed by atoms with Crippen molar-refractivity contribution in [2.75, 3.05) is 14.2 Å². The van der Waals surface area contributed by atoms with Crippen LogP contribution < -0.4 is 4.74 Å². The average molecular weight is 258 g/mol. The van der Waals surface area contributed by atoms with Crippen molar-refractivity contribution in [3.8, 4) is 5.75 Å². The summed E-state index contributed by atoms with van der Waals surface area (Å²) in [7, 11) is 2.91. The van der Waals surface area contributed by atoms with Gasteiger partial charge in [-0.15, -0.1) is 5.10 Å². The number of carbonyl (C=O) groups excluding carboxylic acids is 1. The number of esters is 1. The number of hydrogen-bond acceptors (Lipinski definition) is 5. The second-order valence-corrected chi connectivity index (χ2v) is 4.65. The molecule has 0 saturated heterocycles. The van der Waals surface area contributed by atoms with Gasteiger partial charge in [0.2, 0.25) is 0 Å². The molecule has 0 atom stereocenters. The lowest BCUT2D eigenvalue weighted by Gasteiger charge is -2.08. The molecule has 1 saturated carbocycles. The fourth-order valence-corrected chi connectivity index (χ4v) is 2.11. The van der Waals surface area contributed by atoms with Crippen molar-refractivity contribution in [3.05, 3.63) is 29.5 Å². The van der Waals surface area contributed by atoms with E-state index >= 15 is 0 Å². The molecule has 1 fully saturated rings. The van der Waals surface area contributed by atoms with Crippen LogP contribution in [0.15, 0.2) is 18.2 Å². The van der Waals surface area contributed by atoms with Gasteiger partial charge in [0, 0.05) is 11.3 Å². The van der Waals surface area contributed by atoms with Crippen molar-refractivity contribution >= 4 is 16.9 Å². The Balaban J connectivity index is 2.17. The highest BCUT2D eigenvalue weighted by molar-refractivity contribution is 5.96. The summed E-state index contributed by atoms with van der Waals surface area (Å²) in [6, 6.07) is 5.37. The number of hydrogen-bond donors (Lipinski definition) is 0. The van der Waals surface area contributed by atoms with Crippen LogP contribution >= 0.6 is 0 Å². The maximum absolute atomic E-state index is 11.6. The number of aromatic nitrogens is 2. The standard InChI is InChI=1S/C14H14N2O3/c1-18-12-7-10(14(17)19-2)5-9-6-11(8-3-4-8)15-16-13(9)12/h5-8H,3-4H2,1-2H3. The molecule has 2 aromatic rings. The minimum atomic E-state index is -0.384. The van der Waals surface area contributed by atoms with E-state index in [2.05, 4.69) is 10.2 Å². The fraction of sp³-hybridized carbons (Fsp3) is 0.357. The Morgan fingerprint density at radius 1 is 1.21 bits per heavy atom. The van der Waals surface area contributed by atoms with E-state index in [4.69, 9.17) is 9.47 Å². The van der Waals surface area contributed by atoms with Gasteiger partial charge in [-0.05, 0) is 31.0 Å². The lowest BCUT2D eigenvalue weighted by Crippen LogP contribution is -2.03. The molecule has 1 aliphatic carbocycles. The van der Waals surface area contributed by atoms with Gasteiger partial charge in [-0.3, -0.25) is 0 Å². The molecule has 1 aromatic heterocycles. The van der Waals surface area contributed by atoms with Crippen LogP contribution in [0, 0.1) is 0 Å². The lowest BCUT2D eigenvalue weighted by molar-refractivity contribution is 0.0600. The fourth-order valence-electron chi connectivity index (χ4n) is 2.11. The molecule has 1 heterocycles. The first-order valence-electron chi connectivity index (χ1n) is 6.16. The van der Waals surface area contributed by atoms with Gasteiger partial charge in [-0.2, -0.15) is 5.10 Å². The third-order valence-electron chi connectivity index (χ3n) is 3.31. The molecule has 0 unspecified atom stereocenters. The molecule has 5 nitrogen and oxygen atoms in total. The first-order valence-corrected chi connectivity index (χ1v) is 6.16. The van der Waals surface area contributed by atoms with E-state index in [-0.39, 0.29) is 5.97 Å². The van der Waals surface area contributed by atoms with E-state index in [0.29, 0.717) is 22.7 Å². The van der Waals surface area contributed by atoms with E-state index in [9.17, 15) is 4.79 Å². The van der Waals surface area contributed by atoms with Crippen molar-refractivity contribution < 1.29 is 14.3 Å². The summed E-state index contributed by atoms with van der Waals surface area (Å²) in [6.45, 7) is 0. The highest BCUT2D eigenvalue weighted by Gasteiger charge is 2.26. The SMILES string of the molecule is COC(=O)c1cc(OC)c2nnc(C3CC3)cc2c1. The van der Waals surface area contributed by atoms with Gasteiger partial charge >= 0.3 is 5.97 Å². The Labute approximate surface area is 110 Å². The van der Waals surface area contributed by atoms with Crippen molar-refractivity contribution in [2.24, 2.45) is 0 Å². The van der Waals surface area contributed by atoms with E-state index in [0.717, 1.165) is 23.9 Å². The van der Waals surface area contributed by atoms with Crippen molar-refractivity contribution in [1.29, 1.82) is 0 Å². The van der Waals surface area contributed by atoms with E-state index in [1.165, 1.54) is 7.11 Å². The summed E-state index contributed by atoms with van der Waals surface area (Å²) in [6.07, 6.45) is 2.32. The molecule has 0 radical (unpaired) electrons. The summed E-state index contributed by atoms with van der Waals surface area (Å²) in [5, 5.41) is 9.30. The zero-order valence-electron chi connectivity index (χ0n) is 10.8. The second-order valence-electron chi connectivity index (χ2n) is 4.65. The Kier molecular flexibility index (Phi) is 2.81. The quantitative estimate of drug-likeness (QED) is 0.790. The summed E-state index contributed by atoms with van der Waals surface area (Å²) in [5.41, 5.74) is 2.11. The normalized spacial score (nSPS) is 14.4. The summed E-state index contributed by atoms with van der Waals surface area (Å²) in [5.74, 6) is 0.669. The summed E-state index contributed by atoms with van der Waals surface area (Å²) in [4.78, 5) is 11.6. The molecule has 0 spiro atoms. The van der Waals surface area contributed by atoms with Gasteiger partial charge in [0.1, 0.15) is 11.3 Å². The third kappa shape index (κ3) is 2.12. The predicted molar refractivity (Wildman–Crippen MR) is 69.4 cm³/mol. The average Bonchev–Trinajstić information content (AvgIpc) is 3.29. The molecule has 19 heavy (non-hydrogen) atoms. The van der Waals surface area contributed by atoms with E-state index in [1.54, 1.807) is 19.2 Å². The first-order chi connectivity index (χ1) is 9.22. The molecule has 98 valence electrons. The number of fused-ring (bicyclic) bond motifs is 1. The first kappa shape index (κ1) is 11.9. The van der Waals surface area contributed by atoms with Gasteiger partial charge in [0.05, 0.1) is 25.5 Å². The number of nitrogens with zero attached hydrogens (tertiary/aromatic N) is 2. The van der Waals surface area contributed by atoms with E-state index in [1.807, 2.05) is 6.07 Å². The number of methoxy groups -OCH3 is 2. The second kappa shape index (κ2) is 4.50. The monoisotopic (exact) mass is 258 g/mol. The topological polar surface area (TPSA) is 61.3 Å². The Morgan fingerprint density at radius 2 is 2.00 bits per heavy atom. The van der Waals surface area contributed by atoms with Crippen LogP contribution in [0.25, 0.3) is 10.9 Å². The maximum atomic E-state index is 11.6. The molecular weight excluding hydrogens is 244 g/mol. The van der Waals surface area contributed by atoms with E-state index < -0.39 is 0 Å². The molecular formula is C14H14N2O3. The number of benzene rings is 1. The zero-order valence-corrected chi connectivity index (χ0v) is 10.8. The summed E-state index contributed by atoms with van der Waals surface area (Å²) >= 11 is 0. The van der Waals surface area contributed by atoms with Crippen LogP contribution in [0.1, 0.15) is 34.8 Å². The van der Waals surface area contributed by atoms with Crippen LogP contribution in [0.2, 0.25) is 0 Å². The Bertz CT molecular complexity index is 650. The van der Waals surface area contributed by atoms with Crippen LogP contribution in [0.4, 0.5) is 0 Å². The van der Waals surface area contributed by atoms with Gasteiger partial charge in [0.15, 0.2) is 0 Å². The maximum Gasteiger partial charge on any atom is 0.338 e. The largest absolute Gasteiger partial charge is 0.494 e. The Morgan fingerprint density at radius 3 is 2.63 bits per heavy atom. The van der Waals surface area contributed by atoms with Crippen molar-refractivity contribution in [1.82, 2.24) is 10.2 Å². The minimum absolute atomic E-state index is 0.384. The van der Waals surface area contributed by atoms with Gasteiger partial charge in [0.25, 0.3) is 0 Å². The van der Waals surface area contributed by atoms with Gasteiger partial charge < -0.3 is 9.47 Å². The van der Waals surface area contributed by atoms with Crippen LogP contribution in [-0.2, 0) is 4.74 Å². The lowest BCUT2D eigenvalue weighted by atomic mass is 10.1. The zero-order chi connectivity index (χ0) is 13.4. The molecule has 1 aliphatic rings. The highest BCUT2D eigenvalue weighted by Crippen LogP contribution is 2.40. The molecule has 1 aromatic carbocycles. The smallest absolute Gasteiger partial charge is 0.338 e. The van der Waals surface area contributed by atoms with Gasteiger partial charge in [-0.1, -0.05) is 0 Å². The third-order valence-corrected chi connectivity index (χ3v) is 3.31. The predicted octanol–water partition coefficient (Wildman–Crippen LogP) is 2.30. The summed E-state index contributed by atoms with van der Waals surface area (Å²) < 4.78 is 10.0. The molecule has 3 rings (SSSR count). The highest BCUT2D eigenvalue weighted by atomic mass is 16.5. The molecule has 5 heteroatoms. The number of carbonyl (C=O) groups is 1. The van der Waals surface area contributed by atoms with Crippen LogP contribution in [0.3, 0.4) is 0 Å². The van der Waals surface area contributed by atoms with Crippen molar-refractivity contribution in [2.45, 2.75) is 18.8 Å². The van der Waals surface area contributed by atoms with Crippen LogP contribution in [0.5, 0.6) is 5.75 Å². The molecule has 0 N–H and O–H groups in total. The Hall–Kier alpha value is -2.17. The minimum Gasteiger partial charge on any atom is -0.494 e. The van der Waals surface area contributed by atoms with Crippen LogP contribution in [-0.4, -0.2) is 30.4 Å². The molecule has 0 amide bonds. The van der Waals surface area contributed by atoms with Gasteiger partial charge in [-0.25, -0.2) is 4.79 Å². The molecule has 0 aliphatic heterocycles. The molecule has 0 bridgehead atoms. The number of rotatable bonds is 3. The number of ether oxygens (including phenoxy) is 2.